The molecule has 1 amide bonds. The number of ether oxygens (including phenoxy) is 1. The zero-order chi connectivity index (χ0) is 15.6. The van der Waals surface area contributed by atoms with Crippen LogP contribution in [-0.2, 0) is 11.3 Å². The summed E-state index contributed by atoms with van der Waals surface area (Å²) in [6, 6.07) is 9.79. The van der Waals surface area contributed by atoms with Crippen molar-refractivity contribution in [2.24, 2.45) is 11.7 Å². The predicted molar refractivity (Wildman–Crippen MR) is 87.5 cm³/mol. The largest absolute Gasteiger partial charge is 0.445 e. The Balaban J connectivity index is 1.62. The van der Waals surface area contributed by atoms with E-state index in [1.54, 1.807) is 0 Å². The number of benzene rings is 1. The van der Waals surface area contributed by atoms with Gasteiger partial charge in [0.1, 0.15) is 6.61 Å². The summed E-state index contributed by atoms with van der Waals surface area (Å²) in [6.07, 6.45) is 2.90. The molecule has 22 heavy (non-hydrogen) atoms. The number of hydrogen-bond acceptors (Lipinski definition) is 4. The lowest BCUT2D eigenvalue weighted by molar-refractivity contribution is 0.0822. The lowest BCUT2D eigenvalue weighted by atomic mass is 9.97. The molecule has 1 aromatic rings. The number of nitrogens with one attached hydrogen (secondary N) is 1. The molecular formula is C17H27N3O2. The van der Waals surface area contributed by atoms with Crippen molar-refractivity contribution in [3.8, 4) is 0 Å². The maximum absolute atomic E-state index is 12.1. The van der Waals surface area contributed by atoms with Gasteiger partial charge in [-0.1, -0.05) is 30.3 Å². The van der Waals surface area contributed by atoms with E-state index in [0.29, 0.717) is 12.5 Å². The van der Waals surface area contributed by atoms with Crippen molar-refractivity contribution in [2.75, 3.05) is 32.7 Å². The lowest BCUT2D eigenvalue weighted by Crippen LogP contribution is -2.41. The van der Waals surface area contributed by atoms with Crippen LogP contribution in [0.4, 0.5) is 4.79 Å². The van der Waals surface area contributed by atoms with Crippen molar-refractivity contribution in [1.82, 2.24) is 10.2 Å². The summed E-state index contributed by atoms with van der Waals surface area (Å²) in [5, 5.41) is 3.43. The van der Waals surface area contributed by atoms with E-state index in [1.807, 2.05) is 35.2 Å². The van der Waals surface area contributed by atoms with E-state index in [9.17, 15) is 4.79 Å². The number of nitrogens with two attached hydrogens (primary N) is 1. The van der Waals surface area contributed by atoms with Crippen LogP contribution in [0.2, 0.25) is 0 Å². The molecule has 1 aromatic carbocycles. The van der Waals surface area contributed by atoms with E-state index in [4.69, 9.17) is 10.5 Å². The van der Waals surface area contributed by atoms with Crippen LogP contribution in [0.3, 0.4) is 0 Å². The molecule has 0 spiro atoms. The van der Waals surface area contributed by atoms with Crippen molar-refractivity contribution in [1.29, 1.82) is 0 Å². The Morgan fingerprint density at radius 3 is 2.68 bits per heavy atom. The second kappa shape index (κ2) is 9.43. The van der Waals surface area contributed by atoms with Gasteiger partial charge in [0.2, 0.25) is 0 Å². The second-order valence-electron chi connectivity index (χ2n) is 5.82. The Bertz CT molecular complexity index is 431. The van der Waals surface area contributed by atoms with Crippen LogP contribution < -0.4 is 11.1 Å². The molecule has 1 aliphatic heterocycles. The van der Waals surface area contributed by atoms with Gasteiger partial charge in [-0.25, -0.2) is 4.79 Å². The highest BCUT2D eigenvalue weighted by molar-refractivity contribution is 5.67. The molecule has 1 aliphatic rings. The minimum absolute atomic E-state index is 0.196. The first-order chi connectivity index (χ1) is 10.8. The summed E-state index contributed by atoms with van der Waals surface area (Å²) in [7, 11) is 0. The first kappa shape index (κ1) is 16.8. The minimum Gasteiger partial charge on any atom is -0.445 e. The summed E-state index contributed by atoms with van der Waals surface area (Å²) in [5.74, 6) is 0.649. The van der Waals surface area contributed by atoms with Gasteiger partial charge < -0.3 is 20.7 Å². The molecule has 1 saturated heterocycles. The number of carbonyl (C=O) groups excluding carboxylic acids is 1. The zero-order valence-corrected chi connectivity index (χ0v) is 13.2. The molecule has 1 heterocycles. The third-order valence-corrected chi connectivity index (χ3v) is 4.07. The summed E-state index contributed by atoms with van der Waals surface area (Å²) in [4.78, 5) is 13.9. The molecule has 0 aliphatic carbocycles. The minimum atomic E-state index is -0.196. The zero-order valence-electron chi connectivity index (χ0n) is 13.2. The van der Waals surface area contributed by atoms with Crippen molar-refractivity contribution in [3.05, 3.63) is 35.9 Å². The molecule has 0 atom stereocenters. The Morgan fingerprint density at radius 1 is 1.27 bits per heavy atom. The van der Waals surface area contributed by atoms with Crippen LogP contribution >= 0.6 is 0 Å². The fourth-order valence-electron chi connectivity index (χ4n) is 2.66. The van der Waals surface area contributed by atoms with Gasteiger partial charge in [-0.15, -0.1) is 0 Å². The van der Waals surface area contributed by atoms with Crippen molar-refractivity contribution in [3.63, 3.8) is 0 Å². The fourth-order valence-corrected chi connectivity index (χ4v) is 2.66. The summed E-state index contributed by atoms with van der Waals surface area (Å²) in [6.45, 7) is 4.66. The average molecular weight is 305 g/mol. The molecule has 0 saturated carbocycles. The maximum Gasteiger partial charge on any atom is 0.410 e. The van der Waals surface area contributed by atoms with Gasteiger partial charge in [0.15, 0.2) is 0 Å². The van der Waals surface area contributed by atoms with Crippen molar-refractivity contribution in [2.45, 2.75) is 25.9 Å². The molecule has 0 aromatic heterocycles. The number of piperidine rings is 1. The van der Waals surface area contributed by atoms with Crippen LogP contribution in [0.5, 0.6) is 0 Å². The smallest absolute Gasteiger partial charge is 0.410 e. The molecule has 2 rings (SSSR count). The topological polar surface area (TPSA) is 67.6 Å². The highest BCUT2D eigenvalue weighted by atomic mass is 16.6. The van der Waals surface area contributed by atoms with Crippen LogP contribution in [0.25, 0.3) is 0 Å². The standard InChI is InChI=1S/C17H27N3O2/c18-9-4-10-19-13-15-7-11-20(12-8-15)17(21)22-14-16-5-2-1-3-6-16/h1-3,5-6,15,19H,4,7-14,18H2. The average Bonchev–Trinajstić information content (AvgIpc) is 2.58. The quantitative estimate of drug-likeness (QED) is 0.756. The summed E-state index contributed by atoms with van der Waals surface area (Å²) < 4.78 is 5.37. The molecule has 3 N–H and O–H groups in total. The molecule has 5 heteroatoms. The fraction of sp³-hybridized carbons (Fsp3) is 0.588. The molecule has 0 radical (unpaired) electrons. The Kier molecular flexibility index (Phi) is 7.19. The van der Waals surface area contributed by atoms with Gasteiger partial charge in [-0.2, -0.15) is 0 Å². The third-order valence-electron chi connectivity index (χ3n) is 4.07. The van der Waals surface area contributed by atoms with Crippen LogP contribution in [0.15, 0.2) is 30.3 Å². The van der Waals surface area contributed by atoms with E-state index in [1.165, 1.54) is 0 Å². The SMILES string of the molecule is NCCCNCC1CCN(C(=O)OCc2ccccc2)CC1. The Hall–Kier alpha value is -1.59. The van der Waals surface area contributed by atoms with E-state index in [2.05, 4.69) is 5.32 Å². The number of rotatable bonds is 7. The van der Waals surface area contributed by atoms with E-state index >= 15 is 0 Å². The molecule has 122 valence electrons. The first-order valence-electron chi connectivity index (χ1n) is 8.16. The highest BCUT2D eigenvalue weighted by Crippen LogP contribution is 2.17. The summed E-state index contributed by atoms with van der Waals surface area (Å²) >= 11 is 0. The Labute approximate surface area is 132 Å². The first-order valence-corrected chi connectivity index (χ1v) is 8.16. The number of likely N-dealkylation sites (tertiary alicyclic amines) is 1. The van der Waals surface area contributed by atoms with Gasteiger partial charge in [-0.05, 0) is 50.4 Å². The predicted octanol–water partition coefficient (Wildman–Crippen LogP) is 1.97. The van der Waals surface area contributed by atoms with E-state index in [0.717, 1.165) is 57.5 Å². The maximum atomic E-state index is 12.1. The lowest BCUT2D eigenvalue weighted by Gasteiger charge is -2.31. The van der Waals surface area contributed by atoms with E-state index < -0.39 is 0 Å². The number of nitrogens with zero attached hydrogens (tertiary/aromatic N) is 1. The van der Waals surface area contributed by atoms with Crippen LogP contribution in [0, 0.1) is 5.92 Å². The number of hydrogen-bond donors (Lipinski definition) is 2. The van der Waals surface area contributed by atoms with Gasteiger partial charge in [0.25, 0.3) is 0 Å². The molecular weight excluding hydrogens is 278 g/mol. The highest BCUT2D eigenvalue weighted by Gasteiger charge is 2.23. The number of amides is 1. The van der Waals surface area contributed by atoms with Gasteiger partial charge in [-0.3, -0.25) is 0 Å². The molecule has 0 unspecified atom stereocenters. The molecule has 0 bridgehead atoms. The normalized spacial score (nSPS) is 15.8. The van der Waals surface area contributed by atoms with Crippen LogP contribution in [0.1, 0.15) is 24.8 Å². The van der Waals surface area contributed by atoms with Gasteiger partial charge >= 0.3 is 6.09 Å². The monoisotopic (exact) mass is 305 g/mol. The Morgan fingerprint density at radius 2 is 2.00 bits per heavy atom. The van der Waals surface area contributed by atoms with Gasteiger partial charge in [0, 0.05) is 13.1 Å². The number of carbonyl (C=O) groups is 1. The van der Waals surface area contributed by atoms with Crippen LogP contribution in [-0.4, -0.2) is 43.7 Å². The summed E-state index contributed by atoms with van der Waals surface area (Å²) in [5.41, 5.74) is 6.49. The third kappa shape index (κ3) is 5.66. The van der Waals surface area contributed by atoms with Crippen molar-refractivity contribution >= 4 is 6.09 Å². The molecule has 5 nitrogen and oxygen atoms in total. The van der Waals surface area contributed by atoms with Gasteiger partial charge in [0.05, 0.1) is 0 Å². The van der Waals surface area contributed by atoms with Crippen molar-refractivity contribution < 1.29 is 9.53 Å². The van der Waals surface area contributed by atoms with E-state index in [-0.39, 0.29) is 6.09 Å². The second-order valence-corrected chi connectivity index (χ2v) is 5.82. The molecule has 1 fully saturated rings.